The lowest BCUT2D eigenvalue weighted by Gasteiger charge is -2.40. The second-order valence-corrected chi connectivity index (χ2v) is 7.95. The average molecular weight is 349 g/mol. The Morgan fingerprint density at radius 3 is 2.81 bits per heavy atom. The van der Waals surface area contributed by atoms with Crippen molar-refractivity contribution in [1.29, 1.82) is 0 Å². The van der Waals surface area contributed by atoms with Crippen LogP contribution in [0.5, 0.6) is 0 Å². The highest BCUT2D eigenvalue weighted by Crippen LogP contribution is 2.41. The molecule has 3 heterocycles. The van der Waals surface area contributed by atoms with Gasteiger partial charge in [-0.2, -0.15) is 4.98 Å². The van der Waals surface area contributed by atoms with Crippen LogP contribution in [-0.4, -0.2) is 35.6 Å². The lowest BCUT2D eigenvalue weighted by Crippen LogP contribution is -2.46. The van der Waals surface area contributed by atoms with Crippen LogP contribution < -0.4 is 16.0 Å². The van der Waals surface area contributed by atoms with Crippen LogP contribution >= 0.6 is 0 Å². The zero-order valence-corrected chi connectivity index (χ0v) is 15.2. The number of nitrogens with zero attached hydrogens (tertiary/aromatic N) is 3. The molecule has 26 heavy (non-hydrogen) atoms. The molecule has 0 amide bonds. The Kier molecular flexibility index (Phi) is 4.04. The lowest BCUT2D eigenvalue weighted by atomic mass is 9.81. The van der Waals surface area contributed by atoms with Crippen LogP contribution in [0.4, 0.5) is 11.8 Å². The summed E-state index contributed by atoms with van der Waals surface area (Å²) >= 11 is 0. The summed E-state index contributed by atoms with van der Waals surface area (Å²) in [7, 11) is 0. The number of aromatic nitrogens is 2. The maximum absolute atomic E-state index is 6.20. The standard InChI is InChI=1S/C21H27N5/c22-21-24-19-16(14-6-2-1-3-7-14)9-4-10-17(19)20(25-21)26-11-5-8-15-12-23-13-18(15)26/h1-3,6-7,15-16,18,23H,4-5,8-13H2,(H2,22,24,25). The molecule has 3 unspecified atom stereocenters. The molecule has 2 aromatic rings. The number of hydrogen-bond donors (Lipinski definition) is 2. The van der Waals surface area contributed by atoms with E-state index in [1.165, 1.54) is 30.4 Å². The van der Waals surface area contributed by atoms with Crippen molar-refractivity contribution in [2.45, 2.75) is 44.1 Å². The molecule has 2 saturated heterocycles. The fourth-order valence-corrected chi connectivity index (χ4v) is 5.23. The second kappa shape index (κ2) is 6.54. The third-order valence-corrected chi connectivity index (χ3v) is 6.44. The van der Waals surface area contributed by atoms with E-state index in [9.17, 15) is 0 Å². The van der Waals surface area contributed by atoms with Gasteiger partial charge in [-0.05, 0) is 43.6 Å². The predicted octanol–water partition coefficient (Wildman–Crippen LogP) is 2.72. The van der Waals surface area contributed by atoms with Crippen molar-refractivity contribution in [2.24, 2.45) is 5.92 Å². The average Bonchev–Trinajstić information content (AvgIpc) is 3.16. The van der Waals surface area contributed by atoms with Crippen LogP contribution in [0.1, 0.15) is 48.4 Å². The van der Waals surface area contributed by atoms with Crippen LogP contribution in [0, 0.1) is 5.92 Å². The Labute approximate surface area is 155 Å². The maximum Gasteiger partial charge on any atom is 0.222 e. The molecule has 5 rings (SSSR count). The summed E-state index contributed by atoms with van der Waals surface area (Å²) in [5.74, 6) is 2.62. The van der Waals surface area contributed by atoms with Gasteiger partial charge in [0.1, 0.15) is 5.82 Å². The largest absolute Gasteiger partial charge is 0.368 e. The molecule has 3 N–H and O–H groups in total. The molecule has 3 atom stereocenters. The summed E-state index contributed by atoms with van der Waals surface area (Å²) in [5.41, 5.74) is 10.1. The molecule has 0 bridgehead atoms. The van der Waals surface area contributed by atoms with Crippen LogP contribution in [-0.2, 0) is 6.42 Å². The van der Waals surface area contributed by atoms with Crippen molar-refractivity contribution in [3.63, 3.8) is 0 Å². The first-order valence-electron chi connectivity index (χ1n) is 10.00. The molecule has 136 valence electrons. The maximum atomic E-state index is 6.20. The van der Waals surface area contributed by atoms with E-state index in [4.69, 9.17) is 15.7 Å². The first kappa shape index (κ1) is 16.1. The van der Waals surface area contributed by atoms with Gasteiger partial charge in [-0.1, -0.05) is 30.3 Å². The third kappa shape index (κ3) is 2.65. The number of benzene rings is 1. The van der Waals surface area contributed by atoms with E-state index in [1.54, 1.807) is 0 Å². The normalized spacial score (nSPS) is 27.8. The van der Waals surface area contributed by atoms with E-state index in [1.807, 2.05) is 0 Å². The minimum atomic E-state index is 0.339. The summed E-state index contributed by atoms with van der Waals surface area (Å²) in [6.07, 6.45) is 5.95. The van der Waals surface area contributed by atoms with Crippen molar-refractivity contribution in [3.8, 4) is 0 Å². The van der Waals surface area contributed by atoms with E-state index in [-0.39, 0.29) is 0 Å². The van der Waals surface area contributed by atoms with E-state index in [0.29, 0.717) is 17.9 Å². The Hall–Kier alpha value is -2.14. The number of nitrogen functional groups attached to an aromatic ring is 1. The van der Waals surface area contributed by atoms with Gasteiger partial charge in [0.2, 0.25) is 5.95 Å². The third-order valence-electron chi connectivity index (χ3n) is 6.44. The molecule has 2 fully saturated rings. The zero-order chi connectivity index (χ0) is 17.5. The Bertz CT molecular complexity index is 790. The van der Waals surface area contributed by atoms with Gasteiger partial charge in [-0.15, -0.1) is 0 Å². The monoisotopic (exact) mass is 349 g/mol. The van der Waals surface area contributed by atoms with Crippen LogP contribution in [0.3, 0.4) is 0 Å². The molecule has 2 aliphatic heterocycles. The van der Waals surface area contributed by atoms with Crippen LogP contribution in [0.15, 0.2) is 30.3 Å². The number of anilines is 2. The Balaban J connectivity index is 1.59. The van der Waals surface area contributed by atoms with Gasteiger partial charge in [0.05, 0.1) is 5.69 Å². The van der Waals surface area contributed by atoms with Gasteiger partial charge < -0.3 is 16.0 Å². The highest BCUT2D eigenvalue weighted by atomic mass is 15.3. The van der Waals surface area contributed by atoms with Crippen molar-refractivity contribution in [1.82, 2.24) is 15.3 Å². The Morgan fingerprint density at radius 1 is 1.04 bits per heavy atom. The molecular formula is C21H27N5. The van der Waals surface area contributed by atoms with Gasteiger partial charge in [0.25, 0.3) is 0 Å². The number of rotatable bonds is 2. The summed E-state index contributed by atoms with van der Waals surface area (Å²) in [5, 5.41) is 3.58. The molecule has 0 spiro atoms. The molecular weight excluding hydrogens is 322 g/mol. The lowest BCUT2D eigenvalue weighted by molar-refractivity contribution is 0.381. The topological polar surface area (TPSA) is 67.1 Å². The van der Waals surface area contributed by atoms with Crippen molar-refractivity contribution < 1.29 is 0 Å². The summed E-state index contributed by atoms with van der Waals surface area (Å²) in [6.45, 7) is 3.28. The second-order valence-electron chi connectivity index (χ2n) is 7.95. The Morgan fingerprint density at radius 2 is 1.92 bits per heavy atom. The number of fused-ring (bicyclic) bond motifs is 2. The van der Waals surface area contributed by atoms with E-state index < -0.39 is 0 Å². The fourth-order valence-electron chi connectivity index (χ4n) is 5.23. The predicted molar refractivity (Wildman–Crippen MR) is 104 cm³/mol. The molecule has 5 heteroatoms. The van der Waals surface area contributed by atoms with E-state index >= 15 is 0 Å². The van der Waals surface area contributed by atoms with Crippen molar-refractivity contribution in [2.75, 3.05) is 30.3 Å². The van der Waals surface area contributed by atoms with Gasteiger partial charge in [-0.25, -0.2) is 4.98 Å². The first-order chi connectivity index (χ1) is 12.8. The van der Waals surface area contributed by atoms with Gasteiger partial charge in [-0.3, -0.25) is 0 Å². The molecule has 0 radical (unpaired) electrons. The molecule has 3 aliphatic rings. The molecule has 1 aromatic heterocycles. The quantitative estimate of drug-likeness (QED) is 0.873. The highest BCUT2D eigenvalue weighted by Gasteiger charge is 2.38. The number of hydrogen-bond acceptors (Lipinski definition) is 5. The molecule has 0 saturated carbocycles. The minimum Gasteiger partial charge on any atom is -0.368 e. The molecule has 1 aliphatic carbocycles. The number of piperidine rings is 1. The minimum absolute atomic E-state index is 0.339. The van der Waals surface area contributed by atoms with Crippen molar-refractivity contribution in [3.05, 3.63) is 47.2 Å². The summed E-state index contributed by atoms with van der Waals surface area (Å²) in [6, 6.07) is 11.3. The van der Waals surface area contributed by atoms with Gasteiger partial charge in [0, 0.05) is 37.2 Å². The zero-order valence-electron chi connectivity index (χ0n) is 15.2. The van der Waals surface area contributed by atoms with E-state index in [0.717, 1.165) is 49.9 Å². The van der Waals surface area contributed by atoms with Gasteiger partial charge in [0.15, 0.2) is 0 Å². The first-order valence-corrected chi connectivity index (χ1v) is 10.00. The summed E-state index contributed by atoms with van der Waals surface area (Å²) in [4.78, 5) is 12.0. The highest BCUT2D eigenvalue weighted by molar-refractivity contribution is 5.56. The smallest absolute Gasteiger partial charge is 0.222 e. The van der Waals surface area contributed by atoms with E-state index in [2.05, 4.69) is 40.5 Å². The summed E-state index contributed by atoms with van der Waals surface area (Å²) < 4.78 is 0. The number of nitrogens with two attached hydrogens (primary N) is 1. The number of nitrogens with one attached hydrogen (secondary N) is 1. The van der Waals surface area contributed by atoms with Crippen LogP contribution in [0.2, 0.25) is 0 Å². The SMILES string of the molecule is Nc1nc2c(c(N3CCCC4CNCC43)n1)CCCC2c1ccccc1. The molecule has 1 aromatic carbocycles. The van der Waals surface area contributed by atoms with Gasteiger partial charge >= 0.3 is 0 Å². The molecule has 5 nitrogen and oxygen atoms in total. The van der Waals surface area contributed by atoms with Crippen LogP contribution in [0.25, 0.3) is 0 Å². The van der Waals surface area contributed by atoms with Crippen molar-refractivity contribution >= 4 is 11.8 Å². The fraction of sp³-hybridized carbons (Fsp3) is 0.524.